The predicted octanol–water partition coefficient (Wildman–Crippen LogP) is 3.01. The molecule has 2 bridgehead atoms. The van der Waals surface area contributed by atoms with Gasteiger partial charge in [0.05, 0.1) is 6.61 Å². The van der Waals surface area contributed by atoms with Gasteiger partial charge >= 0.3 is 0 Å². The SMILES string of the molecule is Cc1ccccc1C(CN)(CO)CC1CC2CCC1C2. The van der Waals surface area contributed by atoms with Crippen molar-refractivity contribution >= 4 is 0 Å². The molecule has 2 aliphatic carbocycles. The summed E-state index contributed by atoms with van der Waals surface area (Å²) in [7, 11) is 0. The third kappa shape index (κ3) is 2.29. The molecular formula is C18H27NO. The van der Waals surface area contributed by atoms with Crippen molar-refractivity contribution in [2.45, 2.75) is 44.4 Å². The lowest BCUT2D eigenvalue weighted by Gasteiger charge is -2.37. The number of fused-ring (bicyclic) bond motifs is 2. The summed E-state index contributed by atoms with van der Waals surface area (Å²) in [6, 6.07) is 8.43. The maximum Gasteiger partial charge on any atom is 0.0540 e. The molecule has 4 unspecified atom stereocenters. The van der Waals surface area contributed by atoms with Crippen molar-refractivity contribution in [3.05, 3.63) is 35.4 Å². The summed E-state index contributed by atoms with van der Waals surface area (Å²) in [6.07, 6.45) is 6.67. The van der Waals surface area contributed by atoms with Gasteiger partial charge in [0.25, 0.3) is 0 Å². The van der Waals surface area contributed by atoms with E-state index >= 15 is 0 Å². The Morgan fingerprint density at radius 2 is 2.05 bits per heavy atom. The first kappa shape index (κ1) is 14.1. The molecular weight excluding hydrogens is 246 g/mol. The fourth-order valence-corrected chi connectivity index (χ4v) is 4.81. The molecule has 2 fully saturated rings. The molecule has 4 atom stereocenters. The number of aryl methyl sites for hydroxylation is 1. The molecule has 2 nitrogen and oxygen atoms in total. The molecule has 3 rings (SSSR count). The summed E-state index contributed by atoms with van der Waals surface area (Å²) in [4.78, 5) is 0. The van der Waals surface area contributed by atoms with Gasteiger partial charge < -0.3 is 10.8 Å². The summed E-state index contributed by atoms with van der Waals surface area (Å²) in [5.41, 5.74) is 8.42. The topological polar surface area (TPSA) is 46.2 Å². The normalized spacial score (nSPS) is 31.4. The molecule has 1 aromatic carbocycles. The first-order chi connectivity index (χ1) is 9.68. The zero-order chi connectivity index (χ0) is 14.2. The van der Waals surface area contributed by atoms with Gasteiger partial charge in [-0.3, -0.25) is 0 Å². The summed E-state index contributed by atoms with van der Waals surface area (Å²) in [5.74, 6) is 2.61. The summed E-state index contributed by atoms with van der Waals surface area (Å²) in [6.45, 7) is 2.85. The van der Waals surface area contributed by atoms with E-state index in [0.717, 1.165) is 24.2 Å². The third-order valence-electron chi connectivity index (χ3n) is 5.95. The first-order valence-corrected chi connectivity index (χ1v) is 8.05. The minimum absolute atomic E-state index is 0.169. The van der Waals surface area contributed by atoms with Crippen LogP contribution in [0.1, 0.15) is 43.2 Å². The second-order valence-electron chi connectivity index (χ2n) is 7.10. The van der Waals surface area contributed by atoms with Gasteiger partial charge in [-0.1, -0.05) is 30.7 Å². The fourth-order valence-electron chi connectivity index (χ4n) is 4.81. The molecule has 0 aliphatic heterocycles. The Morgan fingerprint density at radius 3 is 2.60 bits per heavy atom. The maximum atomic E-state index is 10.1. The number of hydrogen-bond acceptors (Lipinski definition) is 2. The summed E-state index contributed by atoms with van der Waals surface area (Å²) in [5, 5.41) is 10.1. The van der Waals surface area contributed by atoms with Gasteiger partial charge in [-0.2, -0.15) is 0 Å². The third-order valence-corrected chi connectivity index (χ3v) is 5.95. The van der Waals surface area contributed by atoms with E-state index in [-0.39, 0.29) is 12.0 Å². The molecule has 0 amide bonds. The number of nitrogens with two attached hydrogens (primary N) is 1. The van der Waals surface area contributed by atoms with Crippen LogP contribution in [0.25, 0.3) is 0 Å². The molecule has 0 saturated heterocycles. The first-order valence-electron chi connectivity index (χ1n) is 8.05. The highest BCUT2D eigenvalue weighted by molar-refractivity contribution is 5.34. The van der Waals surface area contributed by atoms with Crippen molar-refractivity contribution in [3.8, 4) is 0 Å². The van der Waals surface area contributed by atoms with Crippen LogP contribution in [-0.4, -0.2) is 18.3 Å². The largest absolute Gasteiger partial charge is 0.395 e. The zero-order valence-corrected chi connectivity index (χ0v) is 12.5. The molecule has 3 N–H and O–H groups in total. The Kier molecular flexibility index (Phi) is 3.87. The molecule has 2 heteroatoms. The number of hydrogen-bond donors (Lipinski definition) is 2. The van der Waals surface area contributed by atoms with Crippen molar-refractivity contribution < 1.29 is 5.11 Å². The Balaban J connectivity index is 1.86. The van der Waals surface area contributed by atoms with Crippen LogP contribution in [0, 0.1) is 24.7 Å². The van der Waals surface area contributed by atoms with Gasteiger partial charge in [-0.25, -0.2) is 0 Å². The number of benzene rings is 1. The lowest BCUT2D eigenvalue weighted by Crippen LogP contribution is -2.42. The van der Waals surface area contributed by atoms with E-state index in [1.165, 1.54) is 36.8 Å². The van der Waals surface area contributed by atoms with Gasteiger partial charge in [0.1, 0.15) is 0 Å². The Hall–Kier alpha value is -0.860. The minimum atomic E-state index is -0.236. The highest BCUT2D eigenvalue weighted by Crippen LogP contribution is 2.52. The van der Waals surface area contributed by atoms with Crippen molar-refractivity contribution in [1.29, 1.82) is 0 Å². The van der Waals surface area contributed by atoms with Crippen molar-refractivity contribution in [2.24, 2.45) is 23.5 Å². The van der Waals surface area contributed by atoms with Gasteiger partial charge in [0.2, 0.25) is 0 Å². The predicted molar refractivity (Wildman–Crippen MR) is 82.6 cm³/mol. The van der Waals surface area contributed by atoms with Crippen LogP contribution in [0.5, 0.6) is 0 Å². The molecule has 1 aromatic rings. The monoisotopic (exact) mass is 273 g/mol. The van der Waals surface area contributed by atoms with E-state index in [1.54, 1.807) is 0 Å². The molecule has 2 saturated carbocycles. The zero-order valence-electron chi connectivity index (χ0n) is 12.5. The van der Waals surface area contributed by atoms with Crippen LogP contribution in [0.3, 0.4) is 0 Å². The van der Waals surface area contributed by atoms with Gasteiger partial charge in [-0.05, 0) is 61.5 Å². The van der Waals surface area contributed by atoms with Crippen LogP contribution in [-0.2, 0) is 5.41 Å². The molecule has 110 valence electrons. The minimum Gasteiger partial charge on any atom is -0.395 e. The lowest BCUT2D eigenvalue weighted by molar-refractivity contribution is 0.149. The smallest absolute Gasteiger partial charge is 0.0540 e. The Bertz CT molecular complexity index is 466. The second-order valence-corrected chi connectivity index (χ2v) is 7.10. The molecule has 0 radical (unpaired) electrons. The second kappa shape index (κ2) is 5.50. The molecule has 0 heterocycles. The van der Waals surface area contributed by atoms with Crippen LogP contribution in [0.4, 0.5) is 0 Å². The van der Waals surface area contributed by atoms with E-state index in [9.17, 15) is 5.11 Å². The van der Waals surface area contributed by atoms with E-state index in [1.807, 2.05) is 0 Å². The van der Waals surface area contributed by atoms with Crippen LogP contribution in [0.15, 0.2) is 24.3 Å². The molecule has 20 heavy (non-hydrogen) atoms. The summed E-state index contributed by atoms with van der Waals surface area (Å²) >= 11 is 0. The standard InChI is InChI=1S/C18H27NO/c1-13-4-2-3-5-17(13)18(11-19,12-20)10-16-9-14-6-7-15(16)8-14/h2-5,14-16,20H,6-12,19H2,1H3. The highest BCUT2D eigenvalue weighted by Gasteiger charge is 2.44. The van der Waals surface area contributed by atoms with Gasteiger partial charge in [-0.15, -0.1) is 0 Å². The maximum absolute atomic E-state index is 10.1. The van der Waals surface area contributed by atoms with Gasteiger partial charge in [0, 0.05) is 12.0 Å². The molecule has 2 aliphatic rings. The Labute approximate surface area is 122 Å². The van der Waals surface area contributed by atoms with Crippen LogP contribution < -0.4 is 5.73 Å². The van der Waals surface area contributed by atoms with E-state index < -0.39 is 0 Å². The number of aliphatic hydroxyl groups excluding tert-OH is 1. The number of rotatable bonds is 5. The van der Waals surface area contributed by atoms with Gasteiger partial charge in [0.15, 0.2) is 0 Å². The summed E-state index contributed by atoms with van der Waals surface area (Å²) < 4.78 is 0. The number of aliphatic hydroxyl groups is 1. The Morgan fingerprint density at radius 1 is 1.25 bits per heavy atom. The van der Waals surface area contributed by atoms with E-state index in [4.69, 9.17) is 5.73 Å². The fraction of sp³-hybridized carbons (Fsp3) is 0.667. The van der Waals surface area contributed by atoms with Crippen molar-refractivity contribution in [3.63, 3.8) is 0 Å². The lowest BCUT2D eigenvalue weighted by atomic mass is 9.69. The molecule has 0 spiro atoms. The molecule has 0 aromatic heterocycles. The van der Waals surface area contributed by atoms with Crippen molar-refractivity contribution in [1.82, 2.24) is 0 Å². The average molecular weight is 273 g/mol. The highest BCUT2D eigenvalue weighted by atomic mass is 16.3. The average Bonchev–Trinajstić information content (AvgIpc) is 3.08. The van der Waals surface area contributed by atoms with E-state index in [0.29, 0.717) is 6.54 Å². The quantitative estimate of drug-likeness (QED) is 0.866. The van der Waals surface area contributed by atoms with E-state index in [2.05, 4.69) is 31.2 Å². The van der Waals surface area contributed by atoms with Crippen LogP contribution in [0.2, 0.25) is 0 Å². The van der Waals surface area contributed by atoms with Crippen LogP contribution >= 0.6 is 0 Å². The van der Waals surface area contributed by atoms with Crippen molar-refractivity contribution in [2.75, 3.05) is 13.2 Å².